The first kappa shape index (κ1) is 17.2. The smallest absolute Gasteiger partial charge is 0.0749 e. The molecule has 5 rings (SSSR count). The zero-order chi connectivity index (χ0) is 18.1. The molecule has 27 heavy (non-hydrogen) atoms. The summed E-state index contributed by atoms with van der Waals surface area (Å²) in [7, 11) is 0. The summed E-state index contributed by atoms with van der Waals surface area (Å²) in [5.41, 5.74) is 4.22. The van der Waals surface area contributed by atoms with Crippen LogP contribution in [-0.2, 0) is 19.4 Å². The minimum absolute atomic E-state index is 0.597. The van der Waals surface area contributed by atoms with Crippen LogP contribution in [0.4, 0.5) is 0 Å². The molecule has 1 fully saturated rings. The van der Waals surface area contributed by atoms with Gasteiger partial charge in [0.05, 0.1) is 10.6 Å². The summed E-state index contributed by atoms with van der Waals surface area (Å²) < 4.78 is 0. The predicted molar refractivity (Wildman–Crippen MR) is 111 cm³/mol. The summed E-state index contributed by atoms with van der Waals surface area (Å²) in [6, 6.07) is 16.7. The Morgan fingerprint density at radius 2 is 1.96 bits per heavy atom. The Hall–Kier alpha value is -1.95. The number of hydrogen-bond acceptors (Lipinski definition) is 4. The number of benzene rings is 1. The quantitative estimate of drug-likeness (QED) is 0.709. The molecule has 2 aliphatic rings. The molecule has 4 nitrogen and oxygen atoms in total. The Bertz CT molecular complexity index is 860. The maximum Gasteiger partial charge on any atom is 0.0749 e. The van der Waals surface area contributed by atoms with Gasteiger partial charge in [0.15, 0.2) is 0 Å². The van der Waals surface area contributed by atoms with E-state index in [2.05, 4.69) is 56.8 Å². The molecule has 2 aromatic heterocycles. The third-order valence-corrected chi connectivity index (χ3v) is 7.11. The van der Waals surface area contributed by atoms with E-state index in [0.29, 0.717) is 12.1 Å². The lowest BCUT2D eigenvalue weighted by molar-refractivity contribution is 0.140. The summed E-state index contributed by atoms with van der Waals surface area (Å²) in [5.74, 6) is 0. The minimum atomic E-state index is 0.597. The highest BCUT2D eigenvalue weighted by molar-refractivity contribution is 7.15. The zero-order valence-electron chi connectivity index (χ0n) is 15.5. The molecular weight excluding hydrogens is 352 g/mol. The van der Waals surface area contributed by atoms with Crippen LogP contribution in [0.1, 0.15) is 28.8 Å². The molecule has 3 aromatic rings. The highest BCUT2D eigenvalue weighted by Gasteiger charge is 2.30. The Labute approximate surface area is 164 Å². The lowest BCUT2D eigenvalue weighted by atomic mass is 10.0. The SMILES string of the molecule is c1ccc2c(c1)CC(N1CCC[C@@H](NCc3ccc(-c4ccn[nH]4)s3)C1)C2. The van der Waals surface area contributed by atoms with Crippen LogP contribution in [0.15, 0.2) is 48.7 Å². The molecule has 1 aliphatic heterocycles. The molecule has 1 atom stereocenters. The van der Waals surface area contributed by atoms with Gasteiger partial charge in [-0.15, -0.1) is 11.3 Å². The number of rotatable bonds is 5. The molecule has 3 heterocycles. The number of H-pyrrole nitrogens is 1. The van der Waals surface area contributed by atoms with E-state index in [9.17, 15) is 0 Å². The van der Waals surface area contributed by atoms with Crippen molar-refractivity contribution >= 4 is 11.3 Å². The fourth-order valence-corrected chi connectivity index (χ4v) is 5.49. The Kier molecular flexibility index (Phi) is 4.82. The van der Waals surface area contributed by atoms with Crippen LogP contribution in [-0.4, -0.2) is 40.3 Å². The first-order valence-corrected chi connectivity index (χ1v) is 10.8. The fourth-order valence-electron chi connectivity index (χ4n) is 4.55. The highest BCUT2D eigenvalue weighted by Crippen LogP contribution is 2.28. The van der Waals surface area contributed by atoms with E-state index in [4.69, 9.17) is 0 Å². The number of piperidine rings is 1. The molecule has 5 heteroatoms. The molecule has 1 aliphatic carbocycles. The molecule has 0 bridgehead atoms. The van der Waals surface area contributed by atoms with Crippen molar-refractivity contribution in [2.45, 2.75) is 44.3 Å². The summed E-state index contributed by atoms with van der Waals surface area (Å²) in [6.07, 6.45) is 6.84. The number of thiophene rings is 1. The Balaban J connectivity index is 1.16. The Morgan fingerprint density at radius 1 is 1.11 bits per heavy atom. The molecule has 1 aromatic carbocycles. The van der Waals surface area contributed by atoms with Crippen LogP contribution in [0.3, 0.4) is 0 Å². The second-order valence-corrected chi connectivity index (χ2v) is 8.95. The van der Waals surface area contributed by atoms with Crippen molar-refractivity contribution in [2.24, 2.45) is 0 Å². The molecule has 0 radical (unpaired) electrons. The van der Waals surface area contributed by atoms with Crippen LogP contribution < -0.4 is 5.32 Å². The molecule has 0 unspecified atom stereocenters. The van der Waals surface area contributed by atoms with Crippen molar-refractivity contribution in [3.05, 3.63) is 64.7 Å². The molecule has 140 valence electrons. The van der Waals surface area contributed by atoms with E-state index in [-0.39, 0.29) is 0 Å². The van der Waals surface area contributed by atoms with Crippen LogP contribution in [0.5, 0.6) is 0 Å². The Morgan fingerprint density at radius 3 is 2.74 bits per heavy atom. The lowest BCUT2D eigenvalue weighted by Gasteiger charge is -2.37. The second kappa shape index (κ2) is 7.58. The summed E-state index contributed by atoms with van der Waals surface area (Å²) in [6.45, 7) is 3.39. The van der Waals surface area contributed by atoms with Crippen LogP contribution in [0, 0.1) is 0 Å². The number of likely N-dealkylation sites (tertiary alicyclic amines) is 1. The van der Waals surface area contributed by atoms with Gasteiger partial charge in [-0.2, -0.15) is 5.10 Å². The van der Waals surface area contributed by atoms with Gasteiger partial charge in [-0.05, 0) is 61.6 Å². The third-order valence-electron chi connectivity index (χ3n) is 5.99. The van der Waals surface area contributed by atoms with E-state index in [1.54, 1.807) is 11.1 Å². The third kappa shape index (κ3) is 3.72. The zero-order valence-corrected chi connectivity index (χ0v) is 16.3. The summed E-state index contributed by atoms with van der Waals surface area (Å²) in [5, 5.41) is 10.9. The van der Waals surface area contributed by atoms with E-state index in [0.717, 1.165) is 12.2 Å². The minimum Gasteiger partial charge on any atom is -0.308 e. The fraction of sp³-hybridized carbons (Fsp3) is 0.409. The largest absolute Gasteiger partial charge is 0.308 e. The first-order valence-electron chi connectivity index (χ1n) is 9.98. The highest BCUT2D eigenvalue weighted by atomic mass is 32.1. The average molecular weight is 379 g/mol. The van der Waals surface area contributed by atoms with Crippen molar-refractivity contribution in [1.29, 1.82) is 0 Å². The molecular formula is C22H26N4S. The van der Waals surface area contributed by atoms with E-state index < -0.39 is 0 Å². The van der Waals surface area contributed by atoms with Gasteiger partial charge in [0.2, 0.25) is 0 Å². The molecule has 2 N–H and O–H groups in total. The number of aromatic amines is 1. The van der Waals surface area contributed by atoms with Crippen molar-refractivity contribution in [3.63, 3.8) is 0 Å². The predicted octanol–water partition coefficient (Wildman–Crippen LogP) is 3.86. The van der Waals surface area contributed by atoms with E-state index in [1.807, 2.05) is 23.6 Å². The van der Waals surface area contributed by atoms with Crippen molar-refractivity contribution in [2.75, 3.05) is 13.1 Å². The normalized spacial score (nSPS) is 20.8. The van der Waals surface area contributed by atoms with E-state index >= 15 is 0 Å². The standard InChI is InChI=1S/C22H26N4S/c1-2-5-17-13-19(12-16(17)4-1)26-11-3-6-18(15-26)23-14-20-7-8-22(27-20)21-9-10-24-25-21/h1-2,4-5,7-10,18-19,23H,3,6,11-15H2,(H,24,25)/t18-/m1/s1. The molecule has 1 saturated heterocycles. The molecule has 0 spiro atoms. The topological polar surface area (TPSA) is 44.0 Å². The van der Waals surface area contributed by atoms with Gasteiger partial charge < -0.3 is 5.32 Å². The number of aromatic nitrogens is 2. The second-order valence-electron chi connectivity index (χ2n) is 7.78. The number of fused-ring (bicyclic) bond motifs is 1. The van der Waals surface area contributed by atoms with Gasteiger partial charge in [-0.1, -0.05) is 24.3 Å². The van der Waals surface area contributed by atoms with Crippen molar-refractivity contribution < 1.29 is 0 Å². The average Bonchev–Trinajstić information content (AvgIpc) is 3.46. The monoisotopic (exact) mass is 378 g/mol. The van der Waals surface area contributed by atoms with Gasteiger partial charge in [-0.3, -0.25) is 10.00 Å². The number of nitrogens with zero attached hydrogens (tertiary/aromatic N) is 2. The first-order chi connectivity index (χ1) is 13.3. The number of nitrogens with one attached hydrogen (secondary N) is 2. The maximum absolute atomic E-state index is 4.05. The summed E-state index contributed by atoms with van der Waals surface area (Å²) >= 11 is 1.85. The van der Waals surface area contributed by atoms with Gasteiger partial charge in [0.1, 0.15) is 0 Å². The van der Waals surface area contributed by atoms with Crippen LogP contribution in [0.2, 0.25) is 0 Å². The van der Waals surface area contributed by atoms with Gasteiger partial charge >= 0.3 is 0 Å². The number of hydrogen-bond donors (Lipinski definition) is 2. The summed E-state index contributed by atoms with van der Waals surface area (Å²) in [4.78, 5) is 5.38. The van der Waals surface area contributed by atoms with Gasteiger partial charge in [0, 0.05) is 36.2 Å². The maximum atomic E-state index is 4.05. The van der Waals surface area contributed by atoms with Gasteiger partial charge in [-0.25, -0.2) is 0 Å². The lowest BCUT2D eigenvalue weighted by Crippen LogP contribution is -2.49. The van der Waals surface area contributed by atoms with Crippen LogP contribution in [0.25, 0.3) is 10.6 Å². The molecule has 0 amide bonds. The van der Waals surface area contributed by atoms with Crippen molar-refractivity contribution in [3.8, 4) is 10.6 Å². The van der Waals surface area contributed by atoms with E-state index in [1.165, 1.54) is 48.5 Å². The van der Waals surface area contributed by atoms with Crippen LogP contribution >= 0.6 is 11.3 Å². The van der Waals surface area contributed by atoms with Gasteiger partial charge in [0.25, 0.3) is 0 Å². The molecule has 0 saturated carbocycles. The van der Waals surface area contributed by atoms with Crippen molar-refractivity contribution in [1.82, 2.24) is 20.4 Å².